The number of hydrogen-bond acceptors (Lipinski definition) is 5. The smallest absolute Gasteiger partial charge is 0.311 e. The van der Waals surface area contributed by atoms with Gasteiger partial charge in [0.1, 0.15) is 0 Å². The second-order valence-electron chi connectivity index (χ2n) is 7.21. The molecule has 1 saturated heterocycles. The van der Waals surface area contributed by atoms with Gasteiger partial charge in [-0.15, -0.1) is 0 Å². The van der Waals surface area contributed by atoms with Crippen molar-refractivity contribution in [3.8, 4) is 0 Å². The molecule has 0 aromatic heterocycles. The molecule has 1 aromatic carbocycles. The summed E-state index contributed by atoms with van der Waals surface area (Å²) in [6.45, 7) is 2.74. The number of fused-ring (bicyclic) bond motifs is 1. The van der Waals surface area contributed by atoms with Gasteiger partial charge in [0, 0.05) is 18.8 Å². The first-order valence-electron chi connectivity index (χ1n) is 8.55. The quantitative estimate of drug-likeness (QED) is 0.693. The zero-order valence-electron chi connectivity index (χ0n) is 14.5. The van der Waals surface area contributed by atoms with Gasteiger partial charge in [-0.2, -0.15) is 0 Å². The van der Waals surface area contributed by atoms with Crippen molar-refractivity contribution in [1.82, 2.24) is 4.90 Å². The van der Waals surface area contributed by atoms with E-state index in [4.69, 9.17) is 5.14 Å². The Bertz CT molecular complexity index is 823. The van der Waals surface area contributed by atoms with Crippen LogP contribution < -0.4 is 10.5 Å². The summed E-state index contributed by atoms with van der Waals surface area (Å²) in [5.74, 6) is -0.938. The highest BCUT2D eigenvalue weighted by Crippen LogP contribution is 2.49. The van der Waals surface area contributed by atoms with E-state index in [1.165, 1.54) is 24.3 Å². The van der Waals surface area contributed by atoms with Gasteiger partial charge >= 0.3 is 5.97 Å². The topological polar surface area (TPSA) is 130 Å². The van der Waals surface area contributed by atoms with Crippen molar-refractivity contribution in [1.29, 1.82) is 0 Å². The van der Waals surface area contributed by atoms with Gasteiger partial charge in [0.2, 0.25) is 15.9 Å². The number of primary sulfonamides is 1. The van der Waals surface area contributed by atoms with Crippen LogP contribution in [-0.4, -0.2) is 49.4 Å². The van der Waals surface area contributed by atoms with E-state index in [9.17, 15) is 23.1 Å². The van der Waals surface area contributed by atoms with E-state index >= 15 is 0 Å². The Kier molecular flexibility index (Phi) is 4.80. The molecular formula is C17H23N3O5S. The maximum absolute atomic E-state index is 12.5. The van der Waals surface area contributed by atoms with Crippen molar-refractivity contribution in [2.75, 3.05) is 18.4 Å². The molecule has 1 heterocycles. The molecule has 1 saturated carbocycles. The first-order chi connectivity index (χ1) is 12.1. The molecule has 3 atom stereocenters. The third kappa shape index (κ3) is 3.34. The number of benzene rings is 1. The molecule has 0 bridgehead atoms. The molecule has 1 aliphatic carbocycles. The number of hydrogen-bond donors (Lipinski definition) is 3. The minimum atomic E-state index is -3.78. The molecule has 0 spiro atoms. The van der Waals surface area contributed by atoms with Gasteiger partial charge in [-0.1, -0.05) is 6.42 Å². The zero-order valence-corrected chi connectivity index (χ0v) is 15.3. The molecule has 2 aliphatic rings. The SMILES string of the molecule is CC(C(=O)Nc1ccc(S(N)(=O)=O)cc1)N1C[C@@H]2CCC[C@@]2(C(=O)O)C1. The minimum absolute atomic E-state index is 0.0284. The highest BCUT2D eigenvalue weighted by Gasteiger charge is 2.55. The predicted molar refractivity (Wildman–Crippen MR) is 94.9 cm³/mol. The molecule has 0 radical (unpaired) electrons. The summed E-state index contributed by atoms with van der Waals surface area (Å²) in [6.07, 6.45) is 2.46. The molecule has 26 heavy (non-hydrogen) atoms. The molecule has 3 rings (SSSR count). The Balaban J connectivity index is 1.66. The Morgan fingerprint density at radius 3 is 2.54 bits per heavy atom. The lowest BCUT2D eigenvalue weighted by atomic mass is 9.81. The van der Waals surface area contributed by atoms with Crippen LogP contribution in [0.2, 0.25) is 0 Å². The average Bonchev–Trinajstić information content (AvgIpc) is 3.12. The number of carbonyl (C=O) groups is 2. The van der Waals surface area contributed by atoms with E-state index in [0.29, 0.717) is 25.2 Å². The van der Waals surface area contributed by atoms with E-state index in [1.54, 1.807) is 6.92 Å². The zero-order chi connectivity index (χ0) is 19.1. The number of rotatable bonds is 5. The highest BCUT2D eigenvalue weighted by molar-refractivity contribution is 7.89. The number of sulfonamides is 1. The van der Waals surface area contributed by atoms with Crippen molar-refractivity contribution < 1.29 is 23.1 Å². The van der Waals surface area contributed by atoms with E-state index in [2.05, 4.69) is 5.32 Å². The summed E-state index contributed by atoms with van der Waals surface area (Å²) < 4.78 is 22.5. The predicted octanol–water partition coefficient (Wildman–Crippen LogP) is 0.848. The van der Waals surface area contributed by atoms with Crippen LogP contribution in [0.4, 0.5) is 5.69 Å². The standard InChI is InChI=1S/C17H23N3O5S/c1-11(20-9-12-3-2-8-17(12,10-20)16(22)23)15(21)19-13-4-6-14(7-5-13)26(18,24)25/h4-7,11-12H,2-3,8-10H2,1H3,(H,19,21)(H,22,23)(H2,18,24,25)/t11?,12-,17+/m0/s1. The fourth-order valence-corrected chi connectivity index (χ4v) is 4.63. The molecule has 8 nitrogen and oxygen atoms in total. The summed E-state index contributed by atoms with van der Waals surface area (Å²) >= 11 is 0. The van der Waals surface area contributed by atoms with Gasteiger partial charge < -0.3 is 10.4 Å². The van der Waals surface area contributed by atoms with Crippen LogP contribution >= 0.6 is 0 Å². The average molecular weight is 381 g/mol. The van der Waals surface area contributed by atoms with Crippen LogP contribution in [0.25, 0.3) is 0 Å². The van der Waals surface area contributed by atoms with Crippen molar-refractivity contribution in [3.63, 3.8) is 0 Å². The Hall–Kier alpha value is -1.97. The number of nitrogens with zero attached hydrogens (tertiary/aromatic N) is 1. The Morgan fingerprint density at radius 2 is 2.00 bits per heavy atom. The number of carboxylic acids is 1. The fourth-order valence-electron chi connectivity index (χ4n) is 4.11. The normalized spacial score (nSPS) is 27.1. The van der Waals surface area contributed by atoms with Crippen LogP contribution in [0.3, 0.4) is 0 Å². The van der Waals surface area contributed by atoms with E-state index in [-0.39, 0.29) is 16.7 Å². The van der Waals surface area contributed by atoms with Crippen LogP contribution in [0.5, 0.6) is 0 Å². The molecule has 1 aliphatic heterocycles. The van der Waals surface area contributed by atoms with Gasteiger partial charge in [-0.3, -0.25) is 14.5 Å². The maximum atomic E-state index is 12.5. The third-order valence-electron chi connectivity index (χ3n) is 5.70. The molecule has 4 N–H and O–H groups in total. The van der Waals surface area contributed by atoms with Crippen molar-refractivity contribution in [2.45, 2.75) is 37.1 Å². The van der Waals surface area contributed by atoms with Gasteiger partial charge in [-0.25, -0.2) is 13.6 Å². The van der Waals surface area contributed by atoms with Crippen LogP contribution in [0.1, 0.15) is 26.2 Å². The second-order valence-corrected chi connectivity index (χ2v) is 8.78. The van der Waals surface area contributed by atoms with Gasteiger partial charge in [-0.05, 0) is 49.9 Å². The molecule has 9 heteroatoms. The van der Waals surface area contributed by atoms with Gasteiger partial charge in [0.05, 0.1) is 16.4 Å². The number of nitrogens with two attached hydrogens (primary N) is 1. The van der Waals surface area contributed by atoms with Crippen LogP contribution in [0, 0.1) is 11.3 Å². The number of anilines is 1. The van der Waals surface area contributed by atoms with Gasteiger partial charge in [0.15, 0.2) is 0 Å². The molecule has 142 valence electrons. The number of carboxylic acid groups (broad SMARTS) is 1. The Morgan fingerprint density at radius 1 is 1.35 bits per heavy atom. The lowest BCUT2D eigenvalue weighted by molar-refractivity contribution is -0.149. The van der Waals surface area contributed by atoms with E-state index in [1.807, 2.05) is 4.90 Å². The minimum Gasteiger partial charge on any atom is -0.481 e. The third-order valence-corrected chi connectivity index (χ3v) is 6.63. The fraction of sp³-hybridized carbons (Fsp3) is 0.529. The maximum Gasteiger partial charge on any atom is 0.311 e. The first-order valence-corrected chi connectivity index (χ1v) is 10.1. The van der Waals surface area contributed by atoms with Crippen LogP contribution in [0.15, 0.2) is 29.2 Å². The van der Waals surface area contributed by atoms with E-state index in [0.717, 1.165) is 12.8 Å². The monoisotopic (exact) mass is 381 g/mol. The number of aliphatic carboxylic acids is 1. The first kappa shape index (κ1) is 18.8. The van der Waals surface area contributed by atoms with Gasteiger partial charge in [0.25, 0.3) is 0 Å². The number of amides is 1. The molecule has 2 fully saturated rings. The second kappa shape index (κ2) is 6.64. The molecular weight excluding hydrogens is 358 g/mol. The lowest BCUT2D eigenvalue weighted by Gasteiger charge is -2.26. The number of carbonyl (C=O) groups excluding carboxylic acids is 1. The summed E-state index contributed by atoms with van der Waals surface area (Å²) in [6, 6.07) is 5.13. The molecule has 1 aromatic rings. The summed E-state index contributed by atoms with van der Waals surface area (Å²) in [5, 5.41) is 17.4. The van der Waals surface area contributed by atoms with Crippen molar-refractivity contribution >= 4 is 27.6 Å². The number of likely N-dealkylation sites (tertiary alicyclic amines) is 1. The Labute approximate surface area is 152 Å². The van der Waals surface area contributed by atoms with Crippen molar-refractivity contribution in [2.24, 2.45) is 16.5 Å². The summed E-state index contributed by atoms with van der Waals surface area (Å²) in [7, 11) is -3.78. The largest absolute Gasteiger partial charge is 0.481 e. The molecule has 1 unspecified atom stereocenters. The summed E-state index contributed by atoms with van der Waals surface area (Å²) in [4.78, 5) is 26.2. The highest BCUT2D eigenvalue weighted by atomic mass is 32.2. The van der Waals surface area contributed by atoms with E-state index < -0.39 is 27.4 Å². The van der Waals surface area contributed by atoms with Crippen molar-refractivity contribution in [3.05, 3.63) is 24.3 Å². The molecule has 1 amide bonds. The summed E-state index contributed by atoms with van der Waals surface area (Å²) in [5.41, 5.74) is -0.271. The number of nitrogens with one attached hydrogen (secondary N) is 1. The van der Waals surface area contributed by atoms with Crippen LogP contribution in [-0.2, 0) is 19.6 Å². The lowest BCUT2D eigenvalue weighted by Crippen LogP contribution is -2.43.